The maximum Gasteiger partial charge on any atom is 0.214 e. The molecular formula is C20H21NO4. The molecule has 0 spiro atoms. The molecule has 0 fully saturated rings. The van der Waals surface area contributed by atoms with Gasteiger partial charge in [0.15, 0.2) is 5.78 Å². The molecule has 5 heteroatoms. The Hall–Kier alpha value is -2.66. The number of hydrogen-bond donors (Lipinski definition) is 1. The van der Waals surface area contributed by atoms with Gasteiger partial charge in [-0.2, -0.15) is 0 Å². The van der Waals surface area contributed by atoms with Crippen LogP contribution in [-0.4, -0.2) is 35.2 Å². The van der Waals surface area contributed by atoms with Crippen molar-refractivity contribution >= 4 is 16.7 Å². The minimum absolute atomic E-state index is 0.00579. The van der Waals surface area contributed by atoms with Crippen molar-refractivity contribution in [1.82, 2.24) is 4.98 Å². The standard InChI is InChI=1S/C20H21NO4/c1-20(2,23)12-25-19-11-15(14-6-4-5-7-18(14)22)16-10-13(24-3)8-9-17(16)21-19/h4-11,14,23H,12H2,1-3H3. The molecule has 3 rings (SSSR count). The Morgan fingerprint density at radius 2 is 2.04 bits per heavy atom. The van der Waals surface area contributed by atoms with Gasteiger partial charge < -0.3 is 14.6 Å². The van der Waals surface area contributed by atoms with E-state index in [4.69, 9.17) is 9.47 Å². The Bertz CT molecular complexity index is 862. The number of ether oxygens (including phenoxy) is 2. The Labute approximate surface area is 146 Å². The average Bonchev–Trinajstić information content (AvgIpc) is 2.59. The summed E-state index contributed by atoms with van der Waals surface area (Å²) >= 11 is 0. The second-order valence-corrected chi connectivity index (χ2v) is 6.66. The van der Waals surface area contributed by atoms with Crippen LogP contribution in [0.2, 0.25) is 0 Å². The van der Waals surface area contributed by atoms with Crippen LogP contribution in [0.4, 0.5) is 0 Å². The zero-order chi connectivity index (χ0) is 18.0. The Kier molecular flexibility index (Phi) is 4.59. The molecule has 0 amide bonds. The van der Waals surface area contributed by atoms with Gasteiger partial charge in [0.05, 0.1) is 24.1 Å². The zero-order valence-corrected chi connectivity index (χ0v) is 14.5. The first-order chi connectivity index (χ1) is 11.9. The highest BCUT2D eigenvalue weighted by molar-refractivity contribution is 6.01. The summed E-state index contributed by atoms with van der Waals surface area (Å²) < 4.78 is 11.0. The van der Waals surface area contributed by atoms with E-state index in [1.807, 2.05) is 30.4 Å². The van der Waals surface area contributed by atoms with Gasteiger partial charge in [-0.05, 0) is 43.7 Å². The molecule has 1 aliphatic rings. The highest BCUT2D eigenvalue weighted by Gasteiger charge is 2.22. The lowest BCUT2D eigenvalue weighted by Gasteiger charge is -2.20. The number of carbonyl (C=O) groups is 1. The van der Waals surface area contributed by atoms with E-state index in [1.54, 1.807) is 39.2 Å². The predicted molar refractivity (Wildman–Crippen MR) is 96.1 cm³/mol. The SMILES string of the molecule is COc1ccc2nc(OCC(C)(C)O)cc(C3C=CC=CC3=O)c2c1. The number of rotatable bonds is 5. The third kappa shape index (κ3) is 3.88. The summed E-state index contributed by atoms with van der Waals surface area (Å²) in [5, 5.41) is 10.7. The van der Waals surface area contributed by atoms with Gasteiger partial charge in [-0.15, -0.1) is 0 Å². The van der Waals surface area contributed by atoms with Crippen LogP contribution < -0.4 is 9.47 Å². The fourth-order valence-electron chi connectivity index (χ4n) is 2.70. The fourth-order valence-corrected chi connectivity index (χ4v) is 2.70. The second kappa shape index (κ2) is 6.69. The zero-order valence-electron chi connectivity index (χ0n) is 14.5. The van der Waals surface area contributed by atoms with E-state index in [1.165, 1.54) is 0 Å². The van der Waals surface area contributed by atoms with Crippen LogP contribution in [0.1, 0.15) is 25.3 Å². The van der Waals surface area contributed by atoms with Gasteiger partial charge >= 0.3 is 0 Å². The van der Waals surface area contributed by atoms with E-state index >= 15 is 0 Å². The summed E-state index contributed by atoms with van der Waals surface area (Å²) in [5.74, 6) is 0.687. The highest BCUT2D eigenvalue weighted by atomic mass is 16.5. The van der Waals surface area contributed by atoms with Gasteiger partial charge in [-0.25, -0.2) is 4.98 Å². The van der Waals surface area contributed by atoms with Crippen LogP contribution in [0.15, 0.2) is 48.6 Å². The molecule has 1 unspecified atom stereocenters. The first-order valence-electron chi connectivity index (χ1n) is 8.10. The third-order valence-corrected chi connectivity index (χ3v) is 3.91. The second-order valence-electron chi connectivity index (χ2n) is 6.66. The number of benzene rings is 1. The van der Waals surface area contributed by atoms with E-state index in [0.717, 1.165) is 10.9 Å². The molecule has 130 valence electrons. The van der Waals surface area contributed by atoms with Crippen molar-refractivity contribution in [3.63, 3.8) is 0 Å². The lowest BCUT2D eigenvalue weighted by atomic mass is 9.89. The van der Waals surface area contributed by atoms with E-state index in [9.17, 15) is 9.90 Å². The van der Waals surface area contributed by atoms with Crippen molar-refractivity contribution < 1.29 is 19.4 Å². The quantitative estimate of drug-likeness (QED) is 0.906. The monoisotopic (exact) mass is 339 g/mol. The normalized spacial score (nSPS) is 17.1. The summed E-state index contributed by atoms with van der Waals surface area (Å²) in [6.45, 7) is 3.44. The number of ketones is 1. The van der Waals surface area contributed by atoms with Gasteiger partial charge in [-0.3, -0.25) is 4.79 Å². The van der Waals surface area contributed by atoms with Crippen LogP contribution in [0, 0.1) is 0 Å². The number of carbonyl (C=O) groups excluding carboxylic acids is 1. The average molecular weight is 339 g/mol. The van der Waals surface area contributed by atoms with Gasteiger partial charge in [0.25, 0.3) is 0 Å². The smallest absolute Gasteiger partial charge is 0.214 e. The van der Waals surface area contributed by atoms with Gasteiger partial charge in [0, 0.05) is 11.5 Å². The minimum atomic E-state index is -0.972. The molecule has 0 saturated heterocycles. The van der Waals surface area contributed by atoms with Crippen molar-refractivity contribution in [2.75, 3.05) is 13.7 Å². The summed E-state index contributed by atoms with van der Waals surface area (Å²) in [6.07, 6.45) is 7.01. The molecule has 0 aliphatic heterocycles. The lowest BCUT2D eigenvalue weighted by Crippen LogP contribution is -2.28. The van der Waals surface area contributed by atoms with Crippen LogP contribution in [0.3, 0.4) is 0 Å². The van der Waals surface area contributed by atoms with E-state index in [0.29, 0.717) is 17.1 Å². The number of hydrogen-bond acceptors (Lipinski definition) is 5. The maximum atomic E-state index is 12.4. The molecular weight excluding hydrogens is 318 g/mol. The van der Waals surface area contributed by atoms with E-state index < -0.39 is 11.5 Å². The number of allylic oxidation sites excluding steroid dienone is 4. The molecule has 0 saturated carbocycles. The molecule has 1 aromatic carbocycles. The van der Waals surface area contributed by atoms with Crippen LogP contribution in [0.5, 0.6) is 11.6 Å². The number of nitrogens with zero attached hydrogens (tertiary/aromatic N) is 1. The molecule has 5 nitrogen and oxygen atoms in total. The fraction of sp³-hybridized carbons (Fsp3) is 0.300. The highest BCUT2D eigenvalue weighted by Crippen LogP contribution is 2.33. The van der Waals surface area contributed by atoms with E-state index in [-0.39, 0.29) is 12.4 Å². The number of pyridine rings is 1. The van der Waals surface area contributed by atoms with Crippen LogP contribution in [0.25, 0.3) is 10.9 Å². The molecule has 1 atom stereocenters. The molecule has 1 N–H and O–H groups in total. The van der Waals surface area contributed by atoms with Gasteiger partial charge in [0.1, 0.15) is 12.4 Å². The van der Waals surface area contributed by atoms with E-state index in [2.05, 4.69) is 4.98 Å². The van der Waals surface area contributed by atoms with Crippen molar-refractivity contribution in [1.29, 1.82) is 0 Å². The Morgan fingerprint density at radius 1 is 1.24 bits per heavy atom. The molecule has 1 aromatic heterocycles. The first-order valence-corrected chi connectivity index (χ1v) is 8.10. The largest absolute Gasteiger partial charge is 0.497 e. The van der Waals surface area contributed by atoms with Gasteiger partial charge in [0.2, 0.25) is 5.88 Å². The van der Waals surface area contributed by atoms with Crippen molar-refractivity contribution in [3.8, 4) is 11.6 Å². The van der Waals surface area contributed by atoms with Crippen LogP contribution in [-0.2, 0) is 4.79 Å². The summed E-state index contributed by atoms with van der Waals surface area (Å²) in [4.78, 5) is 16.8. The number of aliphatic hydroxyl groups is 1. The minimum Gasteiger partial charge on any atom is -0.497 e. The summed E-state index contributed by atoms with van der Waals surface area (Å²) in [7, 11) is 1.60. The third-order valence-electron chi connectivity index (χ3n) is 3.91. The summed E-state index contributed by atoms with van der Waals surface area (Å²) in [5.41, 5.74) is 0.542. The predicted octanol–water partition coefficient (Wildman–Crippen LogP) is 3.17. The van der Waals surface area contributed by atoms with Gasteiger partial charge in [-0.1, -0.05) is 18.2 Å². The van der Waals surface area contributed by atoms with Crippen molar-refractivity contribution in [3.05, 3.63) is 54.1 Å². The number of methoxy groups -OCH3 is 1. The van der Waals surface area contributed by atoms with Crippen LogP contribution >= 0.6 is 0 Å². The molecule has 1 aliphatic carbocycles. The molecule has 2 aromatic rings. The van der Waals surface area contributed by atoms with Crippen molar-refractivity contribution in [2.24, 2.45) is 0 Å². The molecule has 0 radical (unpaired) electrons. The Balaban J connectivity index is 2.11. The van der Waals surface area contributed by atoms with Crippen molar-refractivity contribution in [2.45, 2.75) is 25.4 Å². The number of fused-ring (bicyclic) bond motifs is 1. The molecule has 1 heterocycles. The number of aromatic nitrogens is 1. The maximum absolute atomic E-state index is 12.4. The lowest BCUT2D eigenvalue weighted by molar-refractivity contribution is -0.115. The molecule has 0 bridgehead atoms. The first kappa shape index (κ1) is 17.2. The summed E-state index contributed by atoms with van der Waals surface area (Å²) in [6, 6.07) is 7.29. The Morgan fingerprint density at radius 3 is 2.72 bits per heavy atom. The molecule has 25 heavy (non-hydrogen) atoms. The topological polar surface area (TPSA) is 68.7 Å².